The Morgan fingerprint density at radius 3 is 2.18 bits per heavy atom. The molecule has 3 aliphatic rings. The lowest BCUT2D eigenvalue weighted by molar-refractivity contribution is 0.242. The summed E-state index contributed by atoms with van der Waals surface area (Å²) in [6.07, 6.45) is 9.77. The van der Waals surface area contributed by atoms with Gasteiger partial charge in [0.15, 0.2) is 0 Å². The Hall–Kier alpha value is -0.930. The Morgan fingerprint density at radius 2 is 1.45 bits per heavy atom. The van der Waals surface area contributed by atoms with Crippen LogP contribution in [0, 0.1) is 0 Å². The molecule has 1 aromatic carbocycles. The largest absolute Gasteiger partial charge is 0.493 e. The molecule has 22 heavy (non-hydrogen) atoms. The van der Waals surface area contributed by atoms with Crippen molar-refractivity contribution in [1.29, 1.82) is 0 Å². The minimum Gasteiger partial charge on any atom is -0.493 e. The zero-order valence-electron chi connectivity index (χ0n) is 13.0. The number of hydrogen-bond acceptors (Lipinski definition) is 3. The second-order valence-corrected chi connectivity index (χ2v) is 7.30. The van der Waals surface area contributed by atoms with E-state index >= 15 is 0 Å². The van der Waals surface area contributed by atoms with Crippen LogP contribution in [0.15, 0.2) is 0 Å². The highest BCUT2D eigenvalue weighted by Gasteiger charge is 2.39. The van der Waals surface area contributed by atoms with E-state index in [4.69, 9.17) is 26.8 Å². The average molecular weight is 322 g/mol. The van der Waals surface area contributed by atoms with Gasteiger partial charge in [-0.05, 0) is 38.5 Å². The third-order valence-corrected chi connectivity index (χ3v) is 5.82. The van der Waals surface area contributed by atoms with Gasteiger partial charge in [0.2, 0.25) is 0 Å². The highest BCUT2D eigenvalue weighted by Crippen LogP contribution is 2.51. The van der Waals surface area contributed by atoms with Crippen LogP contribution in [0.25, 0.3) is 0 Å². The van der Waals surface area contributed by atoms with Gasteiger partial charge in [0.05, 0.1) is 18.2 Å². The van der Waals surface area contributed by atoms with E-state index in [0.717, 1.165) is 73.8 Å². The topological polar surface area (TPSA) is 44.5 Å². The first-order valence-corrected chi connectivity index (χ1v) is 9.01. The molecule has 1 aliphatic carbocycles. The van der Waals surface area contributed by atoms with Gasteiger partial charge in [-0.15, -0.1) is 0 Å². The van der Waals surface area contributed by atoms with E-state index in [1.54, 1.807) is 0 Å². The second kappa shape index (κ2) is 5.61. The van der Waals surface area contributed by atoms with Crippen LogP contribution < -0.4 is 15.2 Å². The van der Waals surface area contributed by atoms with Crippen molar-refractivity contribution < 1.29 is 9.47 Å². The summed E-state index contributed by atoms with van der Waals surface area (Å²) in [5, 5.41) is 0.771. The van der Waals surface area contributed by atoms with Gasteiger partial charge in [-0.25, -0.2) is 0 Å². The van der Waals surface area contributed by atoms with E-state index in [1.165, 1.54) is 30.4 Å². The van der Waals surface area contributed by atoms with E-state index in [0.29, 0.717) is 0 Å². The van der Waals surface area contributed by atoms with Gasteiger partial charge < -0.3 is 15.2 Å². The summed E-state index contributed by atoms with van der Waals surface area (Å²) >= 11 is 6.66. The molecule has 0 spiro atoms. The Bertz CT molecular complexity index is 556. The van der Waals surface area contributed by atoms with Gasteiger partial charge >= 0.3 is 0 Å². The Balaban J connectivity index is 1.95. The van der Waals surface area contributed by atoms with Crippen molar-refractivity contribution in [3.63, 3.8) is 0 Å². The molecule has 0 saturated heterocycles. The smallest absolute Gasteiger partial charge is 0.141 e. The molecule has 1 aromatic rings. The first kappa shape index (κ1) is 14.6. The van der Waals surface area contributed by atoms with E-state index in [1.807, 2.05) is 0 Å². The summed E-state index contributed by atoms with van der Waals surface area (Å²) in [7, 11) is 0. The fraction of sp³-hybridized carbons (Fsp3) is 0.667. The van der Waals surface area contributed by atoms with Crippen LogP contribution in [0.1, 0.15) is 61.6 Å². The van der Waals surface area contributed by atoms with Crippen molar-refractivity contribution >= 4 is 11.6 Å². The van der Waals surface area contributed by atoms with Crippen LogP contribution in [0.2, 0.25) is 5.02 Å². The predicted molar refractivity (Wildman–Crippen MR) is 88.0 cm³/mol. The maximum Gasteiger partial charge on any atom is 0.141 e. The van der Waals surface area contributed by atoms with E-state index in [-0.39, 0.29) is 5.54 Å². The Kier molecular flexibility index (Phi) is 3.74. The number of benzene rings is 1. The first-order valence-electron chi connectivity index (χ1n) is 8.63. The molecule has 0 amide bonds. The molecule has 0 unspecified atom stereocenters. The highest BCUT2D eigenvalue weighted by molar-refractivity contribution is 6.33. The molecule has 0 atom stereocenters. The maximum absolute atomic E-state index is 6.90. The lowest BCUT2D eigenvalue weighted by Crippen LogP contribution is -2.41. The van der Waals surface area contributed by atoms with Crippen molar-refractivity contribution in [2.45, 2.75) is 63.3 Å². The van der Waals surface area contributed by atoms with Crippen molar-refractivity contribution in [2.75, 3.05) is 13.2 Å². The van der Waals surface area contributed by atoms with Gasteiger partial charge in [-0.2, -0.15) is 0 Å². The number of halogens is 1. The third-order valence-electron chi connectivity index (χ3n) is 5.42. The molecule has 0 aromatic heterocycles. The summed E-state index contributed by atoms with van der Waals surface area (Å²) < 4.78 is 12.1. The number of nitrogens with two attached hydrogens (primary N) is 1. The van der Waals surface area contributed by atoms with Gasteiger partial charge in [0, 0.05) is 22.2 Å². The molecule has 2 heterocycles. The van der Waals surface area contributed by atoms with Crippen LogP contribution in [0.5, 0.6) is 11.5 Å². The molecule has 2 aliphatic heterocycles. The summed E-state index contributed by atoms with van der Waals surface area (Å²) in [6.45, 7) is 1.52. The molecular formula is C18H24ClNO2. The molecule has 120 valence electrons. The van der Waals surface area contributed by atoms with Crippen molar-refractivity contribution in [1.82, 2.24) is 0 Å². The molecule has 3 nitrogen and oxygen atoms in total. The minimum atomic E-state index is -0.269. The molecule has 2 N–H and O–H groups in total. The lowest BCUT2D eigenvalue weighted by Gasteiger charge is -2.40. The van der Waals surface area contributed by atoms with Gasteiger partial charge in [-0.3, -0.25) is 0 Å². The molecular weight excluding hydrogens is 298 g/mol. The molecule has 4 heteroatoms. The summed E-state index contributed by atoms with van der Waals surface area (Å²) in [5.74, 6) is 1.88. The fourth-order valence-corrected chi connectivity index (χ4v) is 4.70. The maximum atomic E-state index is 6.90. The molecule has 1 saturated carbocycles. The van der Waals surface area contributed by atoms with Crippen LogP contribution in [-0.4, -0.2) is 13.2 Å². The van der Waals surface area contributed by atoms with Gasteiger partial charge in [0.25, 0.3) is 0 Å². The normalized spacial score (nSPS) is 23.0. The standard InChI is InChI=1S/C18H24ClNO2/c19-15-13-7-5-10-21-16(13)14(12-6-4-11-22-17(12)15)18(20)8-2-1-3-9-18/h1-11,20H2. The zero-order chi connectivity index (χ0) is 15.2. The van der Waals surface area contributed by atoms with Crippen molar-refractivity contribution in [2.24, 2.45) is 5.73 Å². The second-order valence-electron chi connectivity index (χ2n) is 6.93. The van der Waals surface area contributed by atoms with Crippen molar-refractivity contribution in [3.8, 4) is 11.5 Å². The molecule has 4 rings (SSSR count). The van der Waals surface area contributed by atoms with E-state index in [2.05, 4.69) is 0 Å². The van der Waals surface area contributed by atoms with Crippen LogP contribution in [-0.2, 0) is 18.4 Å². The van der Waals surface area contributed by atoms with Crippen LogP contribution >= 0.6 is 11.6 Å². The minimum absolute atomic E-state index is 0.269. The molecule has 0 radical (unpaired) electrons. The number of fused-ring (bicyclic) bond motifs is 2. The SMILES string of the molecule is NC1(c2c3c(c(Cl)c4c2OCCC4)OCCC3)CCCCC1. The van der Waals surface area contributed by atoms with Crippen molar-refractivity contribution in [3.05, 3.63) is 21.7 Å². The van der Waals surface area contributed by atoms with Crippen LogP contribution in [0.3, 0.4) is 0 Å². The number of ether oxygens (including phenoxy) is 2. The fourth-order valence-electron chi connectivity index (χ4n) is 4.35. The quantitative estimate of drug-likeness (QED) is 0.846. The number of hydrogen-bond donors (Lipinski definition) is 1. The lowest BCUT2D eigenvalue weighted by atomic mass is 9.73. The zero-order valence-corrected chi connectivity index (χ0v) is 13.8. The predicted octanol–water partition coefficient (Wildman–Crippen LogP) is 4.11. The molecule has 1 fully saturated rings. The number of rotatable bonds is 1. The Labute approximate surface area is 137 Å². The van der Waals surface area contributed by atoms with Crippen LogP contribution in [0.4, 0.5) is 0 Å². The van der Waals surface area contributed by atoms with E-state index < -0.39 is 0 Å². The average Bonchev–Trinajstić information content (AvgIpc) is 2.56. The van der Waals surface area contributed by atoms with Gasteiger partial charge in [0.1, 0.15) is 11.5 Å². The summed E-state index contributed by atoms with van der Waals surface area (Å²) in [5.41, 5.74) is 10.2. The molecule has 0 bridgehead atoms. The third kappa shape index (κ3) is 2.21. The summed E-state index contributed by atoms with van der Waals surface area (Å²) in [6, 6.07) is 0. The van der Waals surface area contributed by atoms with E-state index in [9.17, 15) is 0 Å². The van der Waals surface area contributed by atoms with Gasteiger partial charge in [-0.1, -0.05) is 30.9 Å². The Morgan fingerprint density at radius 1 is 0.818 bits per heavy atom. The monoisotopic (exact) mass is 321 g/mol. The first-order chi connectivity index (χ1) is 10.7. The highest BCUT2D eigenvalue weighted by atomic mass is 35.5. The summed E-state index contributed by atoms with van der Waals surface area (Å²) in [4.78, 5) is 0.